The zero-order valence-electron chi connectivity index (χ0n) is 12.1. The van der Waals surface area contributed by atoms with Gasteiger partial charge in [0.2, 0.25) is 5.91 Å². The van der Waals surface area contributed by atoms with Crippen molar-refractivity contribution in [3.63, 3.8) is 0 Å². The van der Waals surface area contributed by atoms with Crippen LogP contribution in [0.15, 0.2) is 24.3 Å². The molecule has 4 nitrogen and oxygen atoms in total. The zero-order chi connectivity index (χ0) is 15.0. The monoisotopic (exact) mass is 306 g/mol. The van der Waals surface area contributed by atoms with Gasteiger partial charge in [-0.05, 0) is 31.4 Å². The second-order valence-electron chi connectivity index (χ2n) is 5.83. The normalized spacial score (nSPS) is 24.5. The molecular formula is C16H19ClN2O2. The third-order valence-electron chi connectivity index (χ3n) is 4.56. The second-order valence-corrected chi connectivity index (χ2v) is 6.24. The van der Waals surface area contributed by atoms with Crippen molar-refractivity contribution in [3.8, 4) is 0 Å². The Morgan fingerprint density at radius 3 is 2.57 bits per heavy atom. The van der Waals surface area contributed by atoms with E-state index in [0.717, 1.165) is 25.7 Å². The van der Waals surface area contributed by atoms with E-state index in [-0.39, 0.29) is 11.8 Å². The van der Waals surface area contributed by atoms with Gasteiger partial charge in [-0.25, -0.2) is 0 Å². The van der Waals surface area contributed by atoms with E-state index in [1.54, 1.807) is 11.0 Å². The minimum Gasteiger partial charge on any atom is -0.340 e. The molecule has 1 spiro atoms. The van der Waals surface area contributed by atoms with Crippen molar-refractivity contribution >= 4 is 29.1 Å². The Balaban J connectivity index is 2.07. The number of carbonyl (C=O) groups excluding carboxylic acids is 2. The Labute approximate surface area is 129 Å². The van der Waals surface area contributed by atoms with Crippen LogP contribution in [0.1, 0.15) is 39.0 Å². The Bertz CT molecular complexity index is 581. The minimum atomic E-state index is -0.720. The number of nitrogens with one attached hydrogen (secondary N) is 1. The molecule has 21 heavy (non-hydrogen) atoms. The lowest BCUT2D eigenvalue weighted by atomic mass is 9.89. The molecule has 1 aromatic rings. The van der Waals surface area contributed by atoms with Crippen LogP contribution in [0, 0.1) is 0 Å². The first-order valence-electron chi connectivity index (χ1n) is 7.49. The average molecular weight is 307 g/mol. The lowest BCUT2D eigenvalue weighted by Crippen LogP contribution is -2.69. The van der Waals surface area contributed by atoms with Crippen molar-refractivity contribution in [3.05, 3.63) is 29.3 Å². The summed E-state index contributed by atoms with van der Waals surface area (Å²) in [6.45, 7) is 1.91. The quantitative estimate of drug-likeness (QED) is 0.913. The summed E-state index contributed by atoms with van der Waals surface area (Å²) in [6.07, 6.45) is 3.95. The second kappa shape index (κ2) is 5.34. The molecule has 2 aliphatic rings. The van der Waals surface area contributed by atoms with Gasteiger partial charge in [0, 0.05) is 0 Å². The number of anilines is 1. The molecule has 1 heterocycles. The fourth-order valence-electron chi connectivity index (χ4n) is 3.47. The summed E-state index contributed by atoms with van der Waals surface area (Å²) in [5, 5.41) is 3.50. The Morgan fingerprint density at radius 1 is 1.29 bits per heavy atom. The summed E-state index contributed by atoms with van der Waals surface area (Å²) in [7, 11) is 0. The number of benzene rings is 1. The predicted octanol–water partition coefficient (Wildman–Crippen LogP) is 2.89. The van der Waals surface area contributed by atoms with Crippen LogP contribution in [0.2, 0.25) is 5.02 Å². The first kappa shape index (κ1) is 14.4. The number of amides is 2. The van der Waals surface area contributed by atoms with Crippen molar-refractivity contribution < 1.29 is 9.59 Å². The van der Waals surface area contributed by atoms with Crippen LogP contribution in [-0.4, -0.2) is 23.4 Å². The summed E-state index contributed by atoms with van der Waals surface area (Å²) in [5.74, 6) is -0.0848. The van der Waals surface area contributed by atoms with Crippen LogP contribution in [-0.2, 0) is 9.59 Å². The molecule has 1 aromatic carbocycles. The fraction of sp³-hybridized carbons (Fsp3) is 0.500. The highest BCUT2D eigenvalue weighted by atomic mass is 35.5. The average Bonchev–Trinajstić information content (AvgIpc) is 2.93. The van der Waals surface area contributed by atoms with Gasteiger partial charge in [-0.1, -0.05) is 43.5 Å². The van der Waals surface area contributed by atoms with Crippen molar-refractivity contribution in [1.82, 2.24) is 5.32 Å². The molecule has 2 fully saturated rings. The lowest BCUT2D eigenvalue weighted by Gasteiger charge is -2.44. The Hall–Kier alpha value is -1.55. The molecule has 1 saturated carbocycles. The standard InChI is InChI=1S/C16H19ClN2O2/c1-2-12-14(20)18-16(9-5-6-10-16)15(21)19(12)13-8-4-3-7-11(13)17/h3-4,7-8,12H,2,5-6,9-10H2,1H3,(H,18,20). The number of hydrogen-bond donors (Lipinski definition) is 1. The van der Waals surface area contributed by atoms with Crippen molar-refractivity contribution in [2.75, 3.05) is 4.90 Å². The highest BCUT2D eigenvalue weighted by Gasteiger charge is 2.52. The fourth-order valence-corrected chi connectivity index (χ4v) is 3.70. The number of nitrogens with zero attached hydrogens (tertiary/aromatic N) is 1. The molecule has 1 unspecified atom stereocenters. The molecule has 2 amide bonds. The van der Waals surface area contributed by atoms with Gasteiger partial charge in [0.1, 0.15) is 11.6 Å². The molecule has 1 aliphatic heterocycles. The highest BCUT2D eigenvalue weighted by Crippen LogP contribution is 2.38. The number of piperazine rings is 1. The maximum atomic E-state index is 13.1. The van der Waals surface area contributed by atoms with E-state index in [0.29, 0.717) is 17.1 Å². The molecule has 1 atom stereocenters. The van der Waals surface area contributed by atoms with Crippen LogP contribution in [0.5, 0.6) is 0 Å². The predicted molar refractivity (Wildman–Crippen MR) is 82.4 cm³/mol. The van der Waals surface area contributed by atoms with E-state index < -0.39 is 11.6 Å². The molecule has 1 saturated heterocycles. The number of hydrogen-bond acceptors (Lipinski definition) is 2. The van der Waals surface area contributed by atoms with E-state index >= 15 is 0 Å². The maximum absolute atomic E-state index is 13.1. The van der Waals surface area contributed by atoms with E-state index in [1.165, 1.54) is 0 Å². The van der Waals surface area contributed by atoms with Gasteiger partial charge < -0.3 is 5.32 Å². The zero-order valence-corrected chi connectivity index (χ0v) is 12.8. The summed E-state index contributed by atoms with van der Waals surface area (Å²) in [6, 6.07) is 6.75. The smallest absolute Gasteiger partial charge is 0.253 e. The van der Waals surface area contributed by atoms with Crippen LogP contribution in [0.25, 0.3) is 0 Å². The maximum Gasteiger partial charge on any atom is 0.253 e. The van der Waals surface area contributed by atoms with E-state index in [1.807, 2.05) is 25.1 Å². The van der Waals surface area contributed by atoms with Crippen LogP contribution < -0.4 is 10.2 Å². The Morgan fingerprint density at radius 2 is 1.95 bits per heavy atom. The van der Waals surface area contributed by atoms with Crippen LogP contribution in [0.3, 0.4) is 0 Å². The van der Waals surface area contributed by atoms with Gasteiger partial charge in [-0.3, -0.25) is 14.5 Å². The first-order chi connectivity index (χ1) is 10.1. The molecule has 0 bridgehead atoms. The minimum absolute atomic E-state index is 0.0143. The van der Waals surface area contributed by atoms with Crippen molar-refractivity contribution in [2.24, 2.45) is 0 Å². The number of rotatable bonds is 2. The first-order valence-corrected chi connectivity index (χ1v) is 7.87. The van der Waals surface area contributed by atoms with Gasteiger partial charge in [-0.2, -0.15) is 0 Å². The van der Waals surface area contributed by atoms with Gasteiger partial charge in [0.05, 0.1) is 10.7 Å². The molecule has 3 rings (SSSR count). The highest BCUT2D eigenvalue weighted by molar-refractivity contribution is 6.34. The van der Waals surface area contributed by atoms with Gasteiger partial charge in [0.15, 0.2) is 0 Å². The molecular weight excluding hydrogens is 288 g/mol. The lowest BCUT2D eigenvalue weighted by molar-refractivity contribution is -0.138. The summed E-state index contributed by atoms with van der Waals surface area (Å²) < 4.78 is 0. The van der Waals surface area contributed by atoms with Gasteiger partial charge >= 0.3 is 0 Å². The molecule has 1 aliphatic carbocycles. The van der Waals surface area contributed by atoms with Crippen LogP contribution in [0.4, 0.5) is 5.69 Å². The molecule has 0 radical (unpaired) electrons. The van der Waals surface area contributed by atoms with Gasteiger partial charge in [0.25, 0.3) is 5.91 Å². The van der Waals surface area contributed by atoms with Gasteiger partial charge in [-0.15, -0.1) is 0 Å². The molecule has 112 valence electrons. The van der Waals surface area contributed by atoms with Crippen LogP contribution >= 0.6 is 11.6 Å². The number of halogens is 1. The topological polar surface area (TPSA) is 49.4 Å². The third-order valence-corrected chi connectivity index (χ3v) is 4.88. The summed E-state index contributed by atoms with van der Waals surface area (Å²) >= 11 is 6.26. The summed E-state index contributed by atoms with van der Waals surface area (Å²) in [5.41, 5.74) is -0.0841. The van der Waals surface area contributed by atoms with E-state index in [2.05, 4.69) is 5.32 Å². The Kier molecular flexibility index (Phi) is 3.66. The molecule has 5 heteroatoms. The number of carbonyl (C=O) groups is 2. The molecule has 1 N–H and O–H groups in total. The van der Waals surface area contributed by atoms with E-state index in [9.17, 15) is 9.59 Å². The summed E-state index contributed by atoms with van der Waals surface area (Å²) in [4.78, 5) is 27.2. The SMILES string of the molecule is CCC1C(=O)NC2(CCCC2)C(=O)N1c1ccccc1Cl. The van der Waals surface area contributed by atoms with Crippen molar-refractivity contribution in [1.29, 1.82) is 0 Å². The third kappa shape index (κ3) is 2.22. The van der Waals surface area contributed by atoms with Crippen molar-refractivity contribution in [2.45, 2.75) is 50.6 Å². The number of para-hydroxylation sites is 1. The largest absolute Gasteiger partial charge is 0.340 e. The van der Waals surface area contributed by atoms with E-state index in [4.69, 9.17) is 11.6 Å². The molecule has 0 aromatic heterocycles.